The number of hydrogen-bond donors (Lipinski definition) is 0. The van der Waals surface area contributed by atoms with Crippen LogP contribution in [0.2, 0.25) is 0 Å². The zero-order valence-electron chi connectivity index (χ0n) is 56.2. The normalized spacial score (nSPS) is 26.8. The van der Waals surface area contributed by atoms with Crippen LogP contribution in [0.25, 0.3) is 12.2 Å². The Kier molecular flexibility index (Phi) is 25.2. The summed E-state index contributed by atoms with van der Waals surface area (Å²) in [5, 5.41) is 0. The van der Waals surface area contributed by atoms with E-state index in [1.165, 1.54) is 137 Å². The van der Waals surface area contributed by atoms with Crippen LogP contribution in [-0.4, -0.2) is 62.1 Å². The monoisotopic (exact) mass is 1270 g/mol. The lowest BCUT2D eigenvalue weighted by molar-refractivity contribution is -0.326. The number of fused-ring (bicyclic) bond motifs is 1. The average molecular weight is 1270 g/mol. The maximum Gasteiger partial charge on any atom is 0.338 e. The largest absolute Gasteiger partial charge is 0.454 e. The highest BCUT2D eigenvalue weighted by Crippen LogP contribution is 2.39. The van der Waals surface area contributed by atoms with Crippen LogP contribution in [0.3, 0.4) is 0 Å². The maximum absolute atomic E-state index is 13.7. The number of hydrogen-bond acceptors (Lipinski definition) is 10. The SMILES string of the molecule is CC1CCC(Cc2ccc(/C=C/COO[C@H]3CO[C@H]4[C@@H]3OC[C@H]4OC(=O)/C=C/c3ccc(CC4CCC(C)CC4)cc3)cc2)CC1.CC1CCC(Cc2ccc(C(=O)O[C@H](c3ccccc3)[C@H](OC(=O)c3ccc(CC4CCC(C)CC4)cc3)c3ccccc3)cc2)CC1. The van der Waals surface area contributed by atoms with Crippen molar-refractivity contribution >= 4 is 30.1 Å². The Morgan fingerprint density at radius 3 is 1.14 bits per heavy atom. The van der Waals surface area contributed by atoms with Gasteiger partial charge in [-0.3, -0.25) is 0 Å². The fraction of sp³-hybridized carbons (Fsp3) is 0.488. The summed E-state index contributed by atoms with van der Waals surface area (Å²) in [5.41, 5.74) is 9.91. The van der Waals surface area contributed by atoms with Crippen molar-refractivity contribution in [3.8, 4) is 0 Å². The van der Waals surface area contributed by atoms with Crippen molar-refractivity contribution < 1.29 is 47.8 Å². The molecule has 6 fully saturated rings. The molecule has 6 aromatic rings. The summed E-state index contributed by atoms with van der Waals surface area (Å²) in [7, 11) is 0. The molecule has 6 atom stereocenters. The highest BCUT2D eigenvalue weighted by atomic mass is 17.2. The summed E-state index contributed by atoms with van der Waals surface area (Å²) in [5.74, 6) is 5.18. The van der Waals surface area contributed by atoms with E-state index in [4.69, 9.17) is 33.5 Å². The van der Waals surface area contributed by atoms with Gasteiger partial charge in [0.05, 0.1) is 24.3 Å². The molecule has 0 amide bonds. The fourth-order valence-corrected chi connectivity index (χ4v) is 15.1. The Balaban J connectivity index is 0.000000192. The van der Waals surface area contributed by atoms with Crippen LogP contribution in [-0.2, 0) is 63.9 Å². The topological polar surface area (TPSA) is 116 Å². The van der Waals surface area contributed by atoms with E-state index in [9.17, 15) is 14.4 Å². The molecule has 6 aromatic carbocycles. The third-order valence-corrected chi connectivity index (χ3v) is 21.3. The Labute approximate surface area is 560 Å². The summed E-state index contributed by atoms with van der Waals surface area (Å²) in [4.78, 5) is 51.1. The van der Waals surface area contributed by atoms with E-state index < -0.39 is 36.2 Å². The number of rotatable bonds is 23. The minimum atomic E-state index is -0.845. The standard InChI is InChI=1S/C44H50O4.C40H52O6/c1-31-13-17-33(18-14-31)29-35-21-25-39(26-22-35)43(45)47-41(37-9-5-3-6-10-37)42(38-11-7-4-8-12-38)48-44(46)40-27-23-36(24-28-40)30-34-19-15-32(2)16-20-34;1-28-5-9-32(10-6-28)24-34-17-13-30(14-18-34)4-3-23-44-46-37-27-43-39-36(26-42-40(37)39)45-38(41)22-21-31-15-19-35(20-16-31)25-33-11-7-29(2)8-12-33/h3-12,21-28,31-34,41-42H,13-20,29-30H2,1-2H3;3-4,13-22,28-29,32-33,36-37,39-40H,5-12,23-27H2,1-2H3/b;4-3+,22-21+/t31?,32?,33?,34?,41-,42-;28?,29?,32?,33?,36-,37+,39-,40-/m11/s1. The van der Waals surface area contributed by atoms with Crippen molar-refractivity contribution in [3.63, 3.8) is 0 Å². The fourth-order valence-electron chi connectivity index (χ4n) is 15.1. The smallest absolute Gasteiger partial charge is 0.338 e. The molecule has 4 saturated carbocycles. The molecule has 6 aliphatic rings. The van der Waals surface area contributed by atoms with Crippen LogP contribution in [0.15, 0.2) is 170 Å². The van der Waals surface area contributed by atoms with Crippen LogP contribution < -0.4 is 0 Å². The highest BCUT2D eigenvalue weighted by Gasteiger charge is 2.50. The van der Waals surface area contributed by atoms with Gasteiger partial charge in [0.25, 0.3) is 0 Å². The third-order valence-electron chi connectivity index (χ3n) is 21.3. The first kappa shape index (κ1) is 68.4. The van der Waals surface area contributed by atoms with E-state index in [-0.39, 0.29) is 24.9 Å². The molecule has 0 spiro atoms. The molecule has 2 aliphatic heterocycles. The van der Waals surface area contributed by atoms with E-state index in [2.05, 4.69) is 100 Å². The molecule has 10 nitrogen and oxygen atoms in total. The molecule has 0 radical (unpaired) electrons. The van der Waals surface area contributed by atoms with Crippen molar-refractivity contribution in [1.29, 1.82) is 0 Å². The van der Waals surface area contributed by atoms with Crippen molar-refractivity contribution in [2.75, 3.05) is 19.8 Å². The quantitative estimate of drug-likeness (QED) is 0.0153. The number of ether oxygens (including phenoxy) is 5. The predicted molar refractivity (Wildman–Crippen MR) is 373 cm³/mol. The zero-order valence-corrected chi connectivity index (χ0v) is 56.2. The van der Waals surface area contributed by atoms with Gasteiger partial charge in [0.1, 0.15) is 24.9 Å². The minimum absolute atomic E-state index is 0.277. The number of carbonyl (C=O) groups is 3. The lowest BCUT2D eigenvalue weighted by Gasteiger charge is -2.28. The van der Waals surface area contributed by atoms with Gasteiger partial charge in [-0.1, -0.05) is 225 Å². The summed E-state index contributed by atoms with van der Waals surface area (Å²) in [6, 6.07) is 52.2. The Morgan fingerprint density at radius 2 is 0.755 bits per heavy atom. The van der Waals surface area contributed by atoms with Crippen LogP contribution in [0.4, 0.5) is 0 Å². The Hall–Kier alpha value is -6.95. The van der Waals surface area contributed by atoms with E-state index >= 15 is 0 Å². The summed E-state index contributed by atoms with van der Waals surface area (Å²) < 4.78 is 30.0. The van der Waals surface area contributed by atoms with Crippen LogP contribution in [0.1, 0.15) is 208 Å². The molecule has 0 unspecified atom stereocenters. The van der Waals surface area contributed by atoms with Gasteiger partial charge in [-0.25, -0.2) is 24.2 Å². The molecule has 10 heteroatoms. The van der Waals surface area contributed by atoms with Gasteiger partial charge in [-0.15, -0.1) is 0 Å². The zero-order chi connectivity index (χ0) is 65.0. The van der Waals surface area contributed by atoms with Gasteiger partial charge in [0.2, 0.25) is 0 Å². The molecule has 0 aromatic heterocycles. The van der Waals surface area contributed by atoms with Crippen LogP contribution in [0.5, 0.6) is 0 Å². The van der Waals surface area contributed by atoms with E-state index in [0.717, 1.165) is 77.0 Å². The van der Waals surface area contributed by atoms with Gasteiger partial charge in [0.15, 0.2) is 18.3 Å². The van der Waals surface area contributed by atoms with Gasteiger partial charge in [-0.2, -0.15) is 0 Å². The molecule has 0 N–H and O–H groups in total. The summed E-state index contributed by atoms with van der Waals surface area (Å²) in [6.45, 7) is 10.4. The van der Waals surface area contributed by atoms with Crippen molar-refractivity contribution in [2.24, 2.45) is 47.3 Å². The number of carbonyl (C=O) groups excluding carboxylic acids is 3. The summed E-state index contributed by atoms with van der Waals surface area (Å²) in [6.07, 6.45) is 29.6. The lowest BCUT2D eigenvalue weighted by atomic mass is 9.80. The van der Waals surface area contributed by atoms with Gasteiger partial charge in [0, 0.05) is 6.08 Å². The van der Waals surface area contributed by atoms with Crippen molar-refractivity contribution in [1.82, 2.24) is 0 Å². The molecular weight excluding hydrogens is 1170 g/mol. The van der Waals surface area contributed by atoms with Gasteiger partial charge in [-0.05, 0) is 199 Å². The Bertz CT molecular complexity index is 3190. The van der Waals surface area contributed by atoms with Crippen LogP contribution >= 0.6 is 0 Å². The van der Waals surface area contributed by atoms with E-state index in [1.807, 2.05) is 97.1 Å². The summed E-state index contributed by atoms with van der Waals surface area (Å²) >= 11 is 0. The minimum Gasteiger partial charge on any atom is -0.454 e. The second-order valence-corrected chi connectivity index (χ2v) is 28.9. The molecule has 498 valence electrons. The van der Waals surface area contributed by atoms with E-state index in [0.29, 0.717) is 36.2 Å². The van der Waals surface area contributed by atoms with Crippen LogP contribution in [0, 0.1) is 47.3 Å². The average Bonchev–Trinajstić information content (AvgIpc) is 1.59. The predicted octanol–water partition coefficient (Wildman–Crippen LogP) is 19.1. The molecule has 0 bridgehead atoms. The molecule has 12 rings (SSSR count). The first-order valence-electron chi connectivity index (χ1n) is 35.8. The Morgan fingerprint density at radius 1 is 0.415 bits per heavy atom. The maximum atomic E-state index is 13.7. The molecule has 94 heavy (non-hydrogen) atoms. The lowest BCUT2D eigenvalue weighted by Crippen LogP contribution is -2.34. The second kappa shape index (κ2) is 34.6. The molecule has 2 heterocycles. The molecule has 2 saturated heterocycles. The molecule has 4 aliphatic carbocycles. The highest BCUT2D eigenvalue weighted by molar-refractivity contribution is 5.91. The van der Waals surface area contributed by atoms with Gasteiger partial charge < -0.3 is 23.7 Å². The van der Waals surface area contributed by atoms with E-state index in [1.54, 1.807) is 6.08 Å². The second-order valence-electron chi connectivity index (χ2n) is 28.9. The van der Waals surface area contributed by atoms with Crippen molar-refractivity contribution in [2.45, 2.75) is 193 Å². The van der Waals surface area contributed by atoms with Gasteiger partial charge >= 0.3 is 17.9 Å². The first-order chi connectivity index (χ1) is 45.9. The first-order valence-corrected chi connectivity index (χ1v) is 35.8. The number of esters is 3. The van der Waals surface area contributed by atoms with Crippen molar-refractivity contribution in [3.05, 3.63) is 226 Å². The third kappa shape index (κ3) is 20.3. The number of benzene rings is 6. The molecular formula is C84H102O10.